The quantitative estimate of drug-likeness (QED) is 0.635. The standard InChI is InChI=1S/C12H10ClNO3/c13-8-3-1-7(2-4-8)11(16)10-9(15)5-6-14-12(10)17/h1-4,10H,5-6H2,(H,14,17). The molecule has 1 aliphatic rings. The molecule has 1 saturated heterocycles. The summed E-state index contributed by atoms with van der Waals surface area (Å²) in [6.07, 6.45) is 0.204. The number of carbonyl (C=O) groups is 3. The Kier molecular flexibility index (Phi) is 3.24. The highest BCUT2D eigenvalue weighted by molar-refractivity contribution is 6.31. The van der Waals surface area contributed by atoms with Crippen molar-refractivity contribution in [3.63, 3.8) is 0 Å². The molecule has 1 aliphatic heterocycles. The molecule has 1 atom stereocenters. The third kappa shape index (κ3) is 2.36. The summed E-state index contributed by atoms with van der Waals surface area (Å²) in [5.74, 6) is -2.51. The van der Waals surface area contributed by atoms with Crippen LogP contribution in [0.15, 0.2) is 24.3 Å². The van der Waals surface area contributed by atoms with E-state index in [0.29, 0.717) is 17.1 Å². The van der Waals surface area contributed by atoms with E-state index in [4.69, 9.17) is 11.6 Å². The van der Waals surface area contributed by atoms with Crippen LogP contribution in [-0.2, 0) is 9.59 Å². The molecule has 4 nitrogen and oxygen atoms in total. The van der Waals surface area contributed by atoms with Crippen LogP contribution in [0.1, 0.15) is 16.8 Å². The van der Waals surface area contributed by atoms with Gasteiger partial charge >= 0.3 is 0 Å². The summed E-state index contributed by atoms with van der Waals surface area (Å²) in [6, 6.07) is 6.14. The first kappa shape index (κ1) is 11.8. The number of amides is 1. The second-order valence-electron chi connectivity index (χ2n) is 3.81. The van der Waals surface area contributed by atoms with Gasteiger partial charge in [-0.05, 0) is 24.3 Å². The van der Waals surface area contributed by atoms with E-state index in [2.05, 4.69) is 5.32 Å². The van der Waals surface area contributed by atoms with Gasteiger partial charge in [0.2, 0.25) is 5.91 Å². The third-order valence-corrected chi connectivity index (χ3v) is 2.90. The summed E-state index contributed by atoms with van der Waals surface area (Å²) < 4.78 is 0. The number of benzene rings is 1. The summed E-state index contributed by atoms with van der Waals surface area (Å²) in [5.41, 5.74) is 0.324. The largest absolute Gasteiger partial charge is 0.355 e. The molecule has 0 aromatic heterocycles. The zero-order valence-corrected chi connectivity index (χ0v) is 9.66. The maximum Gasteiger partial charge on any atom is 0.238 e. The molecule has 0 radical (unpaired) electrons. The van der Waals surface area contributed by atoms with Gasteiger partial charge in [0.25, 0.3) is 0 Å². The average molecular weight is 252 g/mol. The monoisotopic (exact) mass is 251 g/mol. The smallest absolute Gasteiger partial charge is 0.238 e. The van der Waals surface area contributed by atoms with Crippen LogP contribution in [0.2, 0.25) is 5.02 Å². The van der Waals surface area contributed by atoms with Crippen molar-refractivity contribution in [3.05, 3.63) is 34.9 Å². The van der Waals surface area contributed by atoms with Crippen molar-refractivity contribution in [2.75, 3.05) is 6.54 Å². The minimum absolute atomic E-state index is 0.204. The SMILES string of the molecule is O=C1CCNC(=O)C1C(=O)c1ccc(Cl)cc1. The lowest BCUT2D eigenvalue weighted by Crippen LogP contribution is -2.46. The predicted molar refractivity (Wildman–Crippen MR) is 61.9 cm³/mol. The number of nitrogens with one attached hydrogen (secondary N) is 1. The molecule has 1 aromatic carbocycles. The van der Waals surface area contributed by atoms with Crippen molar-refractivity contribution in [1.82, 2.24) is 5.32 Å². The van der Waals surface area contributed by atoms with Crippen molar-refractivity contribution < 1.29 is 14.4 Å². The minimum atomic E-state index is -1.20. The normalized spacial score (nSPS) is 19.9. The summed E-state index contributed by atoms with van der Waals surface area (Å²) in [7, 11) is 0. The second kappa shape index (κ2) is 4.67. The highest BCUT2D eigenvalue weighted by Gasteiger charge is 2.36. The maximum atomic E-state index is 12.0. The topological polar surface area (TPSA) is 63.2 Å². The molecule has 88 valence electrons. The van der Waals surface area contributed by atoms with E-state index in [1.54, 1.807) is 12.1 Å². The van der Waals surface area contributed by atoms with Crippen molar-refractivity contribution in [2.24, 2.45) is 5.92 Å². The fourth-order valence-electron chi connectivity index (χ4n) is 1.75. The first-order chi connectivity index (χ1) is 8.09. The molecule has 1 N–H and O–H groups in total. The molecule has 1 unspecified atom stereocenters. The van der Waals surface area contributed by atoms with Crippen molar-refractivity contribution in [3.8, 4) is 0 Å². The van der Waals surface area contributed by atoms with E-state index >= 15 is 0 Å². The number of rotatable bonds is 2. The molecule has 0 bridgehead atoms. The molecule has 2 rings (SSSR count). The van der Waals surface area contributed by atoms with Gasteiger partial charge in [0.05, 0.1) is 0 Å². The average Bonchev–Trinajstić information content (AvgIpc) is 2.29. The van der Waals surface area contributed by atoms with Crippen molar-refractivity contribution in [1.29, 1.82) is 0 Å². The van der Waals surface area contributed by atoms with E-state index in [-0.39, 0.29) is 12.2 Å². The molecule has 1 heterocycles. The van der Waals surface area contributed by atoms with Crippen molar-refractivity contribution in [2.45, 2.75) is 6.42 Å². The van der Waals surface area contributed by atoms with Gasteiger partial charge in [0.15, 0.2) is 17.5 Å². The van der Waals surface area contributed by atoms with E-state index in [1.165, 1.54) is 12.1 Å². The molecule has 0 aliphatic carbocycles. The van der Waals surface area contributed by atoms with Gasteiger partial charge in [-0.2, -0.15) is 0 Å². The Morgan fingerprint density at radius 3 is 2.47 bits per heavy atom. The van der Waals surface area contributed by atoms with Crippen LogP contribution >= 0.6 is 11.6 Å². The molecule has 1 aromatic rings. The molecule has 0 saturated carbocycles. The third-order valence-electron chi connectivity index (χ3n) is 2.65. The van der Waals surface area contributed by atoms with Crippen LogP contribution in [0.5, 0.6) is 0 Å². The summed E-state index contributed by atoms with van der Waals surface area (Å²) in [6.45, 7) is 0.308. The first-order valence-corrected chi connectivity index (χ1v) is 5.57. The lowest BCUT2D eigenvalue weighted by atomic mass is 9.89. The Morgan fingerprint density at radius 1 is 1.24 bits per heavy atom. The lowest BCUT2D eigenvalue weighted by Gasteiger charge is -2.19. The summed E-state index contributed by atoms with van der Waals surface area (Å²) in [5, 5.41) is 3.02. The maximum absolute atomic E-state index is 12.0. The second-order valence-corrected chi connectivity index (χ2v) is 4.25. The fraction of sp³-hybridized carbons (Fsp3) is 0.250. The van der Waals surface area contributed by atoms with E-state index < -0.39 is 17.6 Å². The van der Waals surface area contributed by atoms with Gasteiger partial charge in [0, 0.05) is 23.6 Å². The predicted octanol–water partition coefficient (Wildman–Crippen LogP) is 1.23. The van der Waals surface area contributed by atoms with Crippen LogP contribution < -0.4 is 5.32 Å². The first-order valence-electron chi connectivity index (χ1n) is 5.20. The molecule has 1 amide bonds. The Labute approximate surface area is 103 Å². The Balaban J connectivity index is 2.27. The van der Waals surface area contributed by atoms with Gasteiger partial charge in [-0.3, -0.25) is 14.4 Å². The number of piperidine rings is 1. The molecular formula is C12H10ClNO3. The number of hydrogen-bond donors (Lipinski definition) is 1. The number of ketones is 2. The summed E-state index contributed by atoms with van der Waals surface area (Å²) in [4.78, 5) is 35.1. The highest BCUT2D eigenvalue weighted by atomic mass is 35.5. The fourth-order valence-corrected chi connectivity index (χ4v) is 1.87. The Hall–Kier alpha value is -1.68. The van der Waals surface area contributed by atoms with Gasteiger partial charge < -0.3 is 5.32 Å². The van der Waals surface area contributed by atoms with Gasteiger partial charge in [-0.15, -0.1) is 0 Å². The highest BCUT2D eigenvalue weighted by Crippen LogP contribution is 2.17. The summed E-state index contributed by atoms with van der Waals surface area (Å²) >= 11 is 5.70. The van der Waals surface area contributed by atoms with Crippen LogP contribution in [0.3, 0.4) is 0 Å². The Morgan fingerprint density at radius 2 is 1.88 bits per heavy atom. The number of carbonyl (C=O) groups excluding carboxylic acids is 3. The van der Waals surface area contributed by atoms with E-state index in [9.17, 15) is 14.4 Å². The van der Waals surface area contributed by atoms with E-state index in [0.717, 1.165) is 0 Å². The molecular weight excluding hydrogens is 242 g/mol. The van der Waals surface area contributed by atoms with Crippen LogP contribution in [0, 0.1) is 5.92 Å². The van der Waals surface area contributed by atoms with Crippen LogP contribution in [-0.4, -0.2) is 24.0 Å². The number of hydrogen-bond acceptors (Lipinski definition) is 3. The molecule has 1 fully saturated rings. The Bertz CT molecular complexity index is 465. The number of halogens is 1. The van der Waals surface area contributed by atoms with Crippen LogP contribution in [0.4, 0.5) is 0 Å². The van der Waals surface area contributed by atoms with Crippen LogP contribution in [0.25, 0.3) is 0 Å². The zero-order valence-electron chi connectivity index (χ0n) is 8.90. The van der Waals surface area contributed by atoms with E-state index in [1.807, 2.05) is 0 Å². The van der Waals surface area contributed by atoms with Gasteiger partial charge in [0.1, 0.15) is 0 Å². The minimum Gasteiger partial charge on any atom is -0.355 e. The van der Waals surface area contributed by atoms with Gasteiger partial charge in [-0.1, -0.05) is 11.6 Å². The molecule has 17 heavy (non-hydrogen) atoms. The molecule has 5 heteroatoms. The van der Waals surface area contributed by atoms with Crippen molar-refractivity contribution >= 4 is 29.1 Å². The molecule has 0 spiro atoms. The number of Topliss-reactive ketones (excluding diaryl/α,β-unsaturated/α-hetero) is 2. The lowest BCUT2D eigenvalue weighted by molar-refractivity contribution is -0.134. The van der Waals surface area contributed by atoms with Gasteiger partial charge in [-0.25, -0.2) is 0 Å². The zero-order chi connectivity index (χ0) is 12.4.